The van der Waals surface area contributed by atoms with Gasteiger partial charge < -0.3 is 14.8 Å². The maximum Gasteiger partial charge on any atom is 0.246 e. The first-order valence-electron chi connectivity index (χ1n) is 9.55. The van der Waals surface area contributed by atoms with E-state index < -0.39 is 15.9 Å². The van der Waals surface area contributed by atoms with Crippen LogP contribution in [0.5, 0.6) is 11.5 Å². The van der Waals surface area contributed by atoms with Crippen molar-refractivity contribution in [3.8, 4) is 11.5 Å². The fraction of sp³-hybridized carbons (Fsp3) is 0.381. The number of anilines is 1. The average molecular weight is 453 g/mol. The summed E-state index contributed by atoms with van der Waals surface area (Å²) in [5.74, 6) is -0.0498. The molecule has 1 aliphatic heterocycles. The average Bonchev–Trinajstić information content (AvgIpc) is 2.75. The lowest BCUT2D eigenvalue weighted by Crippen LogP contribution is -2.43. The molecule has 0 spiro atoms. The molecule has 0 unspecified atom stereocenters. The highest BCUT2D eigenvalue weighted by Gasteiger charge is 2.35. The molecule has 1 fully saturated rings. The van der Waals surface area contributed by atoms with E-state index in [0.29, 0.717) is 35.8 Å². The zero-order chi connectivity index (χ0) is 21.9. The van der Waals surface area contributed by atoms with Gasteiger partial charge in [0.05, 0.1) is 20.1 Å². The van der Waals surface area contributed by atoms with Gasteiger partial charge in [-0.25, -0.2) is 8.42 Å². The number of sulfonamides is 1. The van der Waals surface area contributed by atoms with Crippen molar-refractivity contribution < 1.29 is 22.7 Å². The van der Waals surface area contributed by atoms with Gasteiger partial charge in [0.1, 0.15) is 16.4 Å². The number of nitrogens with one attached hydrogen (secondary N) is 1. The zero-order valence-corrected chi connectivity index (χ0v) is 18.7. The number of piperidine rings is 1. The lowest BCUT2D eigenvalue weighted by molar-refractivity contribution is -0.120. The van der Waals surface area contributed by atoms with E-state index in [1.165, 1.54) is 24.6 Å². The molecule has 1 N–H and O–H groups in total. The summed E-state index contributed by atoms with van der Waals surface area (Å²) in [5, 5.41) is 3.40. The molecule has 3 rings (SSSR count). The molecular weight excluding hydrogens is 428 g/mol. The van der Waals surface area contributed by atoms with Crippen molar-refractivity contribution in [1.29, 1.82) is 0 Å². The minimum Gasteiger partial charge on any atom is -0.497 e. The van der Waals surface area contributed by atoms with Crippen LogP contribution in [0.2, 0.25) is 5.02 Å². The third kappa shape index (κ3) is 4.71. The number of carbonyl (C=O) groups excluding carboxylic acids is 1. The molecule has 1 saturated heterocycles. The highest BCUT2D eigenvalue weighted by atomic mass is 35.5. The molecule has 9 heteroatoms. The molecule has 30 heavy (non-hydrogen) atoms. The second kappa shape index (κ2) is 9.24. The van der Waals surface area contributed by atoms with E-state index in [1.807, 2.05) is 13.0 Å². The van der Waals surface area contributed by atoms with Crippen molar-refractivity contribution >= 4 is 33.2 Å². The Morgan fingerprint density at radius 3 is 2.60 bits per heavy atom. The molecule has 1 atom stereocenters. The van der Waals surface area contributed by atoms with Crippen LogP contribution in [0.4, 0.5) is 5.69 Å². The number of carbonyl (C=O) groups is 1. The fourth-order valence-corrected chi connectivity index (χ4v) is 5.29. The number of methoxy groups -OCH3 is 2. The number of amides is 1. The van der Waals surface area contributed by atoms with Crippen LogP contribution in [0.3, 0.4) is 0 Å². The van der Waals surface area contributed by atoms with E-state index in [4.69, 9.17) is 21.1 Å². The predicted molar refractivity (Wildman–Crippen MR) is 116 cm³/mol. The van der Waals surface area contributed by atoms with E-state index in [9.17, 15) is 13.2 Å². The SMILES string of the molecule is COc1ccc(OC)c(S(=O)(=O)N2CCC[C@H](C(=O)Nc3ccc(C)c(Cl)c3)C2)c1. The van der Waals surface area contributed by atoms with Crippen LogP contribution < -0.4 is 14.8 Å². The van der Waals surface area contributed by atoms with Gasteiger partial charge in [-0.3, -0.25) is 4.79 Å². The Labute approximate surface area is 182 Å². The topological polar surface area (TPSA) is 84.9 Å². The Morgan fingerprint density at radius 1 is 1.17 bits per heavy atom. The minimum absolute atomic E-state index is 0.0238. The molecule has 0 radical (unpaired) electrons. The summed E-state index contributed by atoms with van der Waals surface area (Å²) in [6, 6.07) is 9.92. The predicted octanol–water partition coefficient (Wildman–Crippen LogP) is 3.71. The van der Waals surface area contributed by atoms with Gasteiger partial charge in [0.2, 0.25) is 15.9 Å². The van der Waals surface area contributed by atoms with E-state index >= 15 is 0 Å². The Bertz CT molecular complexity index is 1040. The van der Waals surface area contributed by atoms with Gasteiger partial charge >= 0.3 is 0 Å². The second-order valence-corrected chi connectivity index (χ2v) is 9.49. The number of halogens is 1. The van der Waals surface area contributed by atoms with Crippen LogP contribution in [0.15, 0.2) is 41.3 Å². The van der Waals surface area contributed by atoms with Gasteiger partial charge in [0.25, 0.3) is 0 Å². The number of nitrogens with zero attached hydrogens (tertiary/aromatic N) is 1. The summed E-state index contributed by atoms with van der Waals surface area (Å²) in [4.78, 5) is 12.8. The Hall–Kier alpha value is -2.29. The van der Waals surface area contributed by atoms with Crippen LogP contribution in [0, 0.1) is 12.8 Å². The monoisotopic (exact) mass is 452 g/mol. The van der Waals surface area contributed by atoms with Gasteiger partial charge in [-0.2, -0.15) is 4.31 Å². The highest BCUT2D eigenvalue weighted by Crippen LogP contribution is 2.33. The lowest BCUT2D eigenvalue weighted by Gasteiger charge is -2.31. The molecule has 162 valence electrons. The van der Waals surface area contributed by atoms with Crippen LogP contribution >= 0.6 is 11.6 Å². The van der Waals surface area contributed by atoms with E-state index in [0.717, 1.165) is 5.56 Å². The molecular formula is C21H25ClN2O5S. The first-order chi connectivity index (χ1) is 14.3. The van der Waals surface area contributed by atoms with Crippen LogP contribution in [0.1, 0.15) is 18.4 Å². The fourth-order valence-electron chi connectivity index (χ4n) is 3.41. The maximum absolute atomic E-state index is 13.3. The molecule has 0 aliphatic carbocycles. The summed E-state index contributed by atoms with van der Waals surface area (Å²) in [6.45, 7) is 2.31. The zero-order valence-electron chi connectivity index (χ0n) is 17.1. The molecule has 0 saturated carbocycles. The van der Waals surface area contributed by atoms with E-state index in [1.54, 1.807) is 24.3 Å². The van der Waals surface area contributed by atoms with E-state index in [2.05, 4.69) is 5.32 Å². The number of rotatable bonds is 6. The van der Waals surface area contributed by atoms with Crippen molar-refractivity contribution in [2.24, 2.45) is 5.92 Å². The standard InChI is InChI=1S/C21H25ClN2O5S/c1-14-6-7-16(11-18(14)22)23-21(25)15-5-4-10-24(13-15)30(26,27)20-12-17(28-2)8-9-19(20)29-3/h6-9,11-12,15H,4-5,10,13H2,1-3H3,(H,23,25)/t15-/m0/s1. The second-order valence-electron chi connectivity index (χ2n) is 7.17. The first kappa shape index (κ1) is 22.4. The van der Waals surface area contributed by atoms with Gasteiger partial charge in [0, 0.05) is 29.9 Å². The molecule has 1 aliphatic rings. The molecule has 0 aromatic heterocycles. The Morgan fingerprint density at radius 2 is 1.93 bits per heavy atom. The minimum atomic E-state index is -3.86. The van der Waals surface area contributed by atoms with Gasteiger partial charge in [-0.05, 0) is 49.6 Å². The Kier molecular flexibility index (Phi) is 6.90. The third-order valence-corrected chi connectivity index (χ3v) is 7.48. The molecule has 1 heterocycles. The Balaban J connectivity index is 1.79. The summed E-state index contributed by atoms with van der Waals surface area (Å²) < 4.78 is 38.3. The number of hydrogen-bond donors (Lipinski definition) is 1. The van der Waals surface area contributed by atoms with Crippen molar-refractivity contribution in [3.63, 3.8) is 0 Å². The molecule has 7 nitrogen and oxygen atoms in total. The summed E-state index contributed by atoms with van der Waals surface area (Å²) in [5.41, 5.74) is 1.50. The van der Waals surface area contributed by atoms with Gasteiger partial charge in [-0.1, -0.05) is 17.7 Å². The van der Waals surface area contributed by atoms with Crippen LogP contribution in [0.25, 0.3) is 0 Å². The highest BCUT2D eigenvalue weighted by molar-refractivity contribution is 7.89. The quantitative estimate of drug-likeness (QED) is 0.722. The molecule has 1 amide bonds. The van der Waals surface area contributed by atoms with Crippen LogP contribution in [-0.4, -0.2) is 45.9 Å². The number of aryl methyl sites for hydroxylation is 1. The maximum atomic E-state index is 13.3. The van der Waals surface area contributed by atoms with Crippen molar-refractivity contribution in [3.05, 3.63) is 47.0 Å². The van der Waals surface area contributed by atoms with E-state index in [-0.39, 0.29) is 23.1 Å². The first-order valence-corrected chi connectivity index (χ1v) is 11.4. The smallest absolute Gasteiger partial charge is 0.246 e. The molecule has 2 aromatic carbocycles. The van der Waals surface area contributed by atoms with Crippen molar-refractivity contribution in [2.45, 2.75) is 24.7 Å². The summed E-state index contributed by atoms with van der Waals surface area (Å²) >= 11 is 6.13. The number of ether oxygens (including phenoxy) is 2. The third-order valence-electron chi connectivity index (χ3n) is 5.18. The molecule has 2 aromatic rings. The van der Waals surface area contributed by atoms with Crippen molar-refractivity contribution in [1.82, 2.24) is 4.31 Å². The van der Waals surface area contributed by atoms with Crippen molar-refractivity contribution in [2.75, 3.05) is 32.6 Å². The van der Waals surface area contributed by atoms with Crippen LogP contribution in [-0.2, 0) is 14.8 Å². The number of benzene rings is 2. The lowest BCUT2D eigenvalue weighted by atomic mass is 9.98. The largest absolute Gasteiger partial charge is 0.497 e. The van der Waals surface area contributed by atoms with Gasteiger partial charge in [0.15, 0.2) is 0 Å². The normalized spacial score (nSPS) is 17.4. The summed E-state index contributed by atoms with van der Waals surface area (Å²) in [6.07, 6.45) is 1.19. The van der Waals surface area contributed by atoms with Gasteiger partial charge in [-0.15, -0.1) is 0 Å². The molecule has 0 bridgehead atoms. The number of hydrogen-bond acceptors (Lipinski definition) is 5. The summed E-state index contributed by atoms with van der Waals surface area (Å²) in [7, 11) is -0.976.